The predicted molar refractivity (Wildman–Crippen MR) is 119 cm³/mol. The molecule has 0 aromatic carbocycles. The molecule has 0 radical (unpaired) electrons. The van der Waals surface area contributed by atoms with Crippen molar-refractivity contribution < 1.29 is 23.1 Å². The predicted octanol–water partition coefficient (Wildman–Crippen LogP) is 6.75. The van der Waals surface area contributed by atoms with Crippen LogP contribution in [0.25, 0.3) is 0 Å². The molecule has 0 spiro atoms. The van der Waals surface area contributed by atoms with Crippen LogP contribution >= 0.6 is 7.60 Å². The van der Waals surface area contributed by atoms with E-state index in [4.69, 9.17) is 13.8 Å². The van der Waals surface area contributed by atoms with Crippen LogP contribution in [0, 0.1) is 0 Å². The minimum absolute atomic E-state index is 0.241. The maximum Gasteiger partial charge on any atom is 0.344 e. The quantitative estimate of drug-likeness (QED) is 0.196. The Morgan fingerprint density at radius 3 is 2.14 bits per heavy atom. The number of carbonyl (C=O) groups is 1. The highest BCUT2D eigenvalue weighted by Crippen LogP contribution is 2.56. The monoisotopic (exact) mass is 426 g/mol. The van der Waals surface area contributed by atoms with E-state index in [1.807, 2.05) is 6.08 Å². The molecule has 29 heavy (non-hydrogen) atoms. The number of hydrogen-bond donors (Lipinski definition) is 0. The lowest BCUT2D eigenvalue weighted by molar-refractivity contribution is -0.150. The van der Waals surface area contributed by atoms with E-state index in [0.717, 1.165) is 25.7 Å². The van der Waals surface area contributed by atoms with E-state index in [1.165, 1.54) is 16.7 Å². The Hall–Kier alpha value is -1.16. The molecular weight excluding hydrogens is 387 g/mol. The highest BCUT2D eigenvalue weighted by Gasteiger charge is 2.45. The molecule has 2 atom stereocenters. The molecule has 1 heterocycles. The van der Waals surface area contributed by atoms with E-state index in [-0.39, 0.29) is 19.3 Å². The number of carbonyl (C=O) groups excluding carboxylic acids is 1. The smallest absolute Gasteiger partial charge is 0.344 e. The van der Waals surface area contributed by atoms with E-state index in [9.17, 15) is 9.36 Å². The third-order valence-electron chi connectivity index (χ3n) is 4.86. The van der Waals surface area contributed by atoms with E-state index < -0.39 is 19.2 Å². The van der Waals surface area contributed by atoms with Gasteiger partial charge in [0.25, 0.3) is 0 Å². The molecule has 0 saturated carbocycles. The van der Waals surface area contributed by atoms with Gasteiger partial charge in [0, 0.05) is 0 Å². The molecule has 1 unspecified atom stereocenters. The molecule has 0 aromatic rings. The van der Waals surface area contributed by atoms with E-state index in [2.05, 4.69) is 39.8 Å². The molecule has 1 saturated heterocycles. The van der Waals surface area contributed by atoms with Gasteiger partial charge in [0.1, 0.15) is 6.10 Å². The first-order valence-corrected chi connectivity index (χ1v) is 12.4. The number of cyclic esters (lactones) is 1. The molecule has 0 bridgehead atoms. The van der Waals surface area contributed by atoms with Gasteiger partial charge in [-0.25, -0.2) is 0 Å². The zero-order chi connectivity index (χ0) is 21.9. The van der Waals surface area contributed by atoms with Gasteiger partial charge in [-0.2, -0.15) is 0 Å². The van der Waals surface area contributed by atoms with Crippen molar-refractivity contribution >= 4 is 13.6 Å². The van der Waals surface area contributed by atoms with Gasteiger partial charge in [-0.05, 0) is 86.1 Å². The summed E-state index contributed by atoms with van der Waals surface area (Å²) in [7, 11) is -3.46. The zero-order valence-corrected chi connectivity index (χ0v) is 19.9. The average Bonchev–Trinajstić information content (AvgIpc) is 2.61. The second kappa shape index (κ2) is 13.2. The standard InChI is InChI=1S/C23H39O5P/c1-7-26-29(25,27-8-2)22-16-15-21(28-23(22)24)17-20(6)14-10-13-19(5)12-9-11-18(3)4/h11,13,17,21-22H,7-10,12,14-16H2,1-6H3/b19-13+,20-17+/t21-,22?/m0/s1. The van der Waals surface area contributed by atoms with Crippen molar-refractivity contribution in [3.05, 3.63) is 34.9 Å². The summed E-state index contributed by atoms with van der Waals surface area (Å²) in [6, 6.07) is 0. The van der Waals surface area contributed by atoms with Crippen LogP contribution in [0.5, 0.6) is 0 Å². The largest absolute Gasteiger partial charge is 0.457 e. The fourth-order valence-electron chi connectivity index (χ4n) is 3.35. The van der Waals surface area contributed by atoms with Crippen LogP contribution in [0.3, 0.4) is 0 Å². The molecule has 166 valence electrons. The van der Waals surface area contributed by atoms with Crippen LogP contribution in [-0.2, 0) is 23.1 Å². The lowest BCUT2D eigenvalue weighted by Crippen LogP contribution is -2.35. The fourth-order valence-corrected chi connectivity index (χ4v) is 5.28. The maximum atomic E-state index is 12.9. The van der Waals surface area contributed by atoms with Crippen molar-refractivity contribution in [2.75, 3.05) is 13.2 Å². The van der Waals surface area contributed by atoms with Crippen LogP contribution in [-0.4, -0.2) is 30.9 Å². The molecule has 6 heteroatoms. The SMILES string of the molecule is CCOP(=O)(OCC)C1CC[C@@H](/C=C(\C)CC/C=C(\C)CCC=C(C)C)OC1=O. The molecule has 0 aromatic heterocycles. The summed E-state index contributed by atoms with van der Waals surface area (Å²) in [5, 5.41) is 0. The summed E-state index contributed by atoms with van der Waals surface area (Å²) < 4.78 is 29.0. The highest BCUT2D eigenvalue weighted by atomic mass is 31.2. The molecule has 0 N–H and O–H groups in total. The van der Waals surface area contributed by atoms with Gasteiger partial charge in [0.2, 0.25) is 0 Å². The summed E-state index contributed by atoms with van der Waals surface area (Å²) in [6.45, 7) is 12.5. The molecule has 1 aliphatic rings. The Balaban J connectivity index is 2.54. The highest BCUT2D eigenvalue weighted by molar-refractivity contribution is 7.55. The number of allylic oxidation sites excluding steroid dienone is 5. The van der Waals surface area contributed by atoms with E-state index in [1.54, 1.807) is 13.8 Å². The van der Waals surface area contributed by atoms with E-state index in [0.29, 0.717) is 12.8 Å². The van der Waals surface area contributed by atoms with Crippen molar-refractivity contribution in [2.45, 2.75) is 91.8 Å². The molecule has 1 aliphatic heterocycles. The van der Waals surface area contributed by atoms with Gasteiger partial charge in [0.05, 0.1) is 13.2 Å². The van der Waals surface area contributed by atoms with Crippen LogP contribution in [0.1, 0.15) is 80.1 Å². The third kappa shape index (κ3) is 9.46. The summed E-state index contributed by atoms with van der Waals surface area (Å²) >= 11 is 0. The van der Waals surface area contributed by atoms with Crippen molar-refractivity contribution in [1.82, 2.24) is 0 Å². The van der Waals surface area contributed by atoms with Gasteiger partial charge >= 0.3 is 13.6 Å². The Bertz CT molecular complexity index is 648. The summed E-state index contributed by atoms with van der Waals surface area (Å²) in [5.74, 6) is -0.481. The Morgan fingerprint density at radius 1 is 1.00 bits per heavy atom. The zero-order valence-electron chi connectivity index (χ0n) is 19.0. The minimum Gasteiger partial charge on any atom is -0.457 e. The number of rotatable bonds is 12. The Kier molecular flexibility index (Phi) is 11.8. The van der Waals surface area contributed by atoms with Crippen LogP contribution < -0.4 is 0 Å². The first-order valence-electron chi connectivity index (χ1n) is 10.8. The lowest BCUT2D eigenvalue weighted by Gasteiger charge is -2.31. The van der Waals surface area contributed by atoms with Crippen LogP contribution in [0.15, 0.2) is 34.9 Å². The normalized spacial score (nSPS) is 21.1. The van der Waals surface area contributed by atoms with Gasteiger partial charge in [-0.15, -0.1) is 0 Å². The van der Waals surface area contributed by atoms with Crippen molar-refractivity contribution in [3.8, 4) is 0 Å². The van der Waals surface area contributed by atoms with Crippen molar-refractivity contribution in [2.24, 2.45) is 0 Å². The van der Waals surface area contributed by atoms with Gasteiger partial charge in [-0.1, -0.05) is 28.9 Å². The third-order valence-corrected chi connectivity index (χ3v) is 7.33. The molecule has 5 nitrogen and oxygen atoms in total. The Morgan fingerprint density at radius 2 is 1.59 bits per heavy atom. The van der Waals surface area contributed by atoms with Crippen molar-refractivity contribution in [3.63, 3.8) is 0 Å². The molecule has 1 fully saturated rings. The maximum absolute atomic E-state index is 12.9. The van der Waals surface area contributed by atoms with Gasteiger partial charge in [-0.3, -0.25) is 9.36 Å². The second-order valence-electron chi connectivity index (χ2n) is 7.87. The van der Waals surface area contributed by atoms with Gasteiger partial charge < -0.3 is 13.8 Å². The molecule has 0 aliphatic carbocycles. The van der Waals surface area contributed by atoms with Gasteiger partial charge in [0.15, 0.2) is 5.66 Å². The van der Waals surface area contributed by atoms with Crippen LogP contribution in [0.4, 0.5) is 0 Å². The molecular formula is C23H39O5P. The summed E-state index contributed by atoms with van der Waals surface area (Å²) in [4.78, 5) is 12.4. The van der Waals surface area contributed by atoms with Crippen molar-refractivity contribution in [1.29, 1.82) is 0 Å². The first-order chi connectivity index (χ1) is 13.7. The topological polar surface area (TPSA) is 61.8 Å². The first kappa shape index (κ1) is 25.9. The van der Waals surface area contributed by atoms with E-state index >= 15 is 0 Å². The molecule has 1 rings (SSSR count). The number of esters is 1. The average molecular weight is 427 g/mol. The second-order valence-corrected chi connectivity index (χ2v) is 10.1. The fraction of sp³-hybridized carbons (Fsp3) is 0.696. The summed E-state index contributed by atoms with van der Waals surface area (Å²) in [5.41, 5.74) is 3.15. The minimum atomic E-state index is -3.46. The Labute approximate surface area is 177 Å². The molecule has 0 amide bonds. The lowest BCUT2D eigenvalue weighted by atomic mass is 10.0. The summed E-state index contributed by atoms with van der Waals surface area (Å²) in [6.07, 6.45) is 11.5. The van der Waals surface area contributed by atoms with Crippen LogP contribution in [0.2, 0.25) is 0 Å². The number of ether oxygens (including phenoxy) is 1. The number of hydrogen-bond acceptors (Lipinski definition) is 5.